The van der Waals surface area contributed by atoms with E-state index in [1.165, 1.54) is 0 Å². The molecule has 2 aromatic rings. The van der Waals surface area contributed by atoms with Crippen LogP contribution in [0, 0.1) is 0 Å². The second kappa shape index (κ2) is 5.74. The van der Waals surface area contributed by atoms with Crippen molar-refractivity contribution < 1.29 is 9.53 Å². The minimum absolute atomic E-state index is 0.0105. The average Bonchev–Trinajstić information content (AvgIpc) is 2.51. The zero-order valence-corrected chi connectivity index (χ0v) is 12.4. The number of benzene rings is 1. The highest BCUT2D eigenvalue weighted by atomic mass is 35.5. The molecule has 0 aliphatic carbocycles. The van der Waals surface area contributed by atoms with Crippen molar-refractivity contribution in [3.63, 3.8) is 0 Å². The van der Waals surface area contributed by atoms with Crippen molar-refractivity contribution >= 4 is 17.5 Å². The van der Waals surface area contributed by atoms with Crippen LogP contribution in [0.2, 0.25) is 5.15 Å². The van der Waals surface area contributed by atoms with Crippen LogP contribution < -0.4 is 4.74 Å². The summed E-state index contributed by atoms with van der Waals surface area (Å²) in [4.78, 5) is 18.4. The van der Waals surface area contributed by atoms with Crippen molar-refractivity contribution in [1.82, 2.24) is 9.88 Å². The summed E-state index contributed by atoms with van der Waals surface area (Å²) in [5.41, 5.74) is 2.60. The van der Waals surface area contributed by atoms with E-state index in [4.69, 9.17) is 16.3 Å². The number of rotatable bonds is 3. The first-order valence-electron chi connectivity index (χ1n) is 6.74. The molecule has 0 N–H and O–H groups in total. The smallest absolute Gasteiger partial charge is 0.254 e. The molecule has 0 radical (unpaired) electrons. The fourth-order valence-electron chi connectivity index (χ4n) is 2.53. The minimum atomic E-state index is 0.0105. The van der Waals surface area contributed by atoms with Gasteiger partial charge in [-0.05, 0) is 30.2 Å². The summed E-state index contributed by atoms with van der Waals surface area (Å²) in [7, 11) is 1.64. The van der Waals surface area contributed by atoms with Crippen LogP contribution in [0.3, 0.4) is 0 Å². The predicted octanol–water partition coefficient (Wildman–Crippen LogP) is 2.94. The van der Waals surface area contributed by atoms with Crippen LogP contribution >= 0.6 is 11.6 Å². The molecule has 0 saturated heterocycles. The molecule has 2 heterocycles. The van der Waals surface area contributed by atoms with Crippen molar-refractivity contribution in [1.29, 1.82) is 0 Å². The molecule has 0 atom stereocenters. The number of carbonyl (C=O) groups is 1. The molecule has 0 unspecified atom stereocenters. The molecule has 0 bridgehead atoms. The van der Waals surface area contributed by atoms with Crippen molar-refractivity contribution in [3.8, 4) is 5.75 Å². The van der Waals surface area contributed by atoms with Crippen LogP contribution in [0.4, 0.5) is 0 Å². The molecule has 0 spiro atoms. The van der Waals surface area contributed by atoms with E-state index in [1.54, 1.807) is 19.4 Å². The normalized spacial score (nSPS) is 14.0. The van der Waals surface area contributed by atoms with Crippen molar-refractivity contribution in [2.75, 3.05) is 13.7 Å². The summed E-state index contributed by atoms with van der Waals surface area (Å²) < 4.78 is 5.14. The van der Waals surface area contributed by atoms with E-state index >= 15 is 0 Å². The molecule has 0 saturated carbocycles. The highest BCUT2D eigenvalue weighted by Gasteiger charge is 2.26. The van der Waals surface area contributed by atoms with Crippen molar-refractivity contribution in [3.05, 3.63) is 58.4 Å². The number of pyridine rings is 1. The lowest BCUT2D eigenvalue weighted by Crippen LogP contribution is -2.37. The fraction of sp³-hybridized carbons (Fsp3) is 0.250. The zero-order valence-electron chi connectivity index (χ0n) is 11.7. The van der Waals surface area contributed by atoms with Crippen LogP contribution in [0.25, 0.3) is 0 Å². The number of nitrogens with zero attached hydrogens (tertiary/aromatic N) is 2. The van der Waals surface area contributed by atoms with Gasteiger partial charge in [-0.2, -0.15) is 0 Å². The van der Waals surface area contributed by atoms with E-state index in [2.05, 4.69) is 4.98 Å². The van der Waals surface area contributed by atoms with Gasteiger partial charge in [-0.15, -0.1) is 0 Å². The Labute approximate surface area is 128 Å². The lowest BCUT2D eigenvalue weighted by molar-refractivity contribution is 0.0726. The molecular formula is C16H15ClN2O2. The van der Waals surface area contributed by atoms with Gasteiger partial charge in [0.05, 0.1) is 7.11 Å². The van der Waals surface area contributed by atoms with Gasteiger partial charge >= 0.3 is 0 Å². The predicted molar refractivity (Wildman–Crippen MR) is 80.7 cm³/mol. The topological polar surface area (TPSA) is 42.4 Å². The number of hydrogen-bond donors (Lipinski definition) is 0. The summed E-state index contributed by atoms with van der Waals surface area (Å²) in [5, 5.41) is 0.435. The van der Waals surface area contributed by atoms with Crippen molar-refractivity contribution in [2.45, 2.75) is 13.0 Å². The molecular weight excluding hydrogens is 288 g/mol. The average molecular weight is 303 g/mol. The number of halogens is 1. The largest absolute Gasteiger partial charge is 0.497 e. The summed E-state index contributed by atoms with van der Waals surface area (Å²) in [6.07, 6.45) is 2.32. The first kappa shape index (κ1) is 13.9. The number of ether oxygens (including phenoxy) is 1. The first-order chi connectivity index (χ1) is 10.2. The van der Waals surface area contributed by atoms with Gasteiger partial charge in [0.2, 0.25) is 0 Å². The lowest BCUT2D eigenvalue weighted by Gasteiger charge is -2.28. The van der Waals surface area contributed by atoms with Gasteiger partial charge in [0.15, 0.2) is 0 Å². The van der Waals surface area contributed by atoms with Crippen LogP contribution in [0.5, 0.6) is 5.75 Å². The van der Waals surface area contributed by atoms with Crippen LogP contribution in [-0.2, 0) is 13.0 Å². The van der Waals surface area contributed by atoms with Crippen LogP contribution in [-0.4, -0.2) is 29.4 Å². The second-order valence-corrected chi connectivity index (χ2v) is 5.31. The fourth-order valence-corrected chi connectivity index (χ4v) is 2.78. The number of methoxy groups -OCH3 is 1. The third-order valence-corrected chi connectivity index (χ3v) is 4.01. The minimum Gasteiger partial charge on any atom is -0.497 e. The monoisotopic (exact) mass is 302 g/mol. The van der Waals surface area contributed by atoms with Gasteiger partial charge in [-0.3, -0.25) is 4.79 Å². The third-order valence-electron chi connectivity index (χ3n) is 3.69. The van der Waals surface area contributed by atoms with E-state index in [9.17, 15) is 4.79 Å². The number of fused-ring (bicyclic) bond motifs is 1. The molecule has 108 valence electrons. The Hall–Kier alpha value is -2.07. The Kier molecular flexibility index (Phi) is 3.80. The molecule has 5 heteroatoms. The summed E-state index contributed by atoms with van der Waals surface area (Å²) in [5.74, 6) is 0.822. The summed E-state index contributed by atoms with van der Waals surface area (Å²) >= 11 is 6.05. The Morgan fingerprint density at radius 2 is 2.05 bits per heavy atom. The van der Waals surface area contributed by atoms with Crippen LogP contribution in [0.15, 0.2) is 36.5 Å². The number of hydrogen-bond acceptors (Lipinski definition) is 3. The molecule has 1 aromatic heterocycles. The molecule has 1 amide bonds. The van der Waals surface area contributed by atoms with E-state index in [0.717, 1.165) is 23.3 Å². The molecule has 1 aliphatic rings. The molecule has 1 aromatic carbocycles. The Morgan fingerprint density at radius 1 is 1.29 bits per heavy atom. The number of amides is 1. The van der Waals surface area contributed by atoms with Crippen LogP contribution in [0.1, 0.15) is 21.5 Å². The van der Waals surface area contributed by atoms with E-state index < -0.39 is 0 Å². The molecule has 21 heavy (non-hydrogen) atoms. The van der Waals surface area contributed by atoms with Gasteiger partial charge < -0.3 is 9.64 Å². The van der Waals surface area contributed by atoms with Gasteiger partial charge in [0.1, 0.15) is 10.9 Å². The summed E-state index contributed by atoms with van der Waals surface area (Å²) in [6, 6.07) is 9.49. The van der Waals surface area contributed by atoms with E-state index in [-0.39, 0.29) is 5.91 Å². The Bertz CT molecular complexity index is 670. The maximum absolute atomic E-state index is 12.5. The van der Waals surface area contributed by atoms with E-state index in [0.29, 0.717) is 23.8 Å². The maximum atomic E-state index is 12.5. The van der Waals surface area contributed by atoms with Gasteiger partial charge in [0.25, 0.3) is 5.91 Å². The maximum Gasteiger partial charge on any atom is 0.254 e. The standard InChI is InChI=1S/C16H15ClN2O2/c1-21-12-4-2-11(3-5-12)10-19-9-7-13-14(16(19)20)6-8-18-15(13)17/h2-6,8H,7,9-10H2,1H3. The molecule has 3 rings (SSSR count). The Balaban J connectivity index is 1.80. The first-order valence-corrected chi connectivity index (χ1v) is 7.12. The van der Waals surface area contributed by atoms with Gasteiger partial charge in [-0.25, -0.2) is 4.98 Å². The Morgan fingerprint density at radius 3 is 2.76 bits per heavy atom. The molecule has 0 fully saturated rings. The van der Waals surface area contributed by atoms with Gasteiger partial charge in [0, 0.05) is 30.4 Å². The molecule has 4 nitrogen and oxygen atoms in total. The summed E-state index contributed by atoms with van der Waals surface area (Å²) in [6.45, 7) is 1.24. The quantitative estimate of drug-likeness (QED) is 0.819. The number of carbonyl (C=O) groups excluding carboxylic acids is 1. The van der Waals surface area contributed by atoms with Gasteiger partial charge in [-0.1, -0.05) is 23.7 Å². The SMILES string of the molecule is COc1ccc(CN2CCc3c(ccnc3Cl)C2=O)cc1. The highest BCUT2D eigenvalue weighted by molar-refractivity contribution is 6.30. The van der Waals surface area contributed by atoms with E-state index in [1.807, 2.05) is 29.2 Å². The second-order valence-electron chi connectivity index (χ2n) is 4.95. The van der Waals surface area contributed by atoms with Crippen molar-refractivity contribution in [2.24, 2.45) is 0 Å². The third kappa shape index (κ3) is 2.72. The lowest BCUT2D eigenvalue weighted by atomic mass is 10.0. The number of aromatic nitrogens is 1. The molecule has 1 aliphatic heterocycles. The zero-order chi connectivity index (χ0) is 14.8. The highest BCUT2D eigenvalue weighted by Crippen LogP contribution is 2.25.